The van der Waals surface area contributed by atoms with Gasteiger partial charge in [0.2, 0.25) is 0 Å². The van der Waals surface area contributed by atoms with Gasteiger partial charge in [0.1, 0.15) is 5.00 Å². The highest BCUT2D eigenvalue weighted by molar-refractivity contribution is 7.14. The van der Waals surface area contributed by atoms with E-state index in [2.05, 4.69) is 15.5 Å². The number of nitrogens with one attached hydrogen (secondary N) is 2. The zero-order valence-electron chi connectivity index (χ0n) is 10.7. The number of nitrogens with zero attached hydrogens (tertiary/aromatic N) is 1. The Labute approximate surface area is 115 Å². The highest BCUT2D eigenvalue weighted by atomic mass is 32.1. The van der Waals surface area contributed by atoms with Gasteiger partial charge >= 0.3 is 12.0 Å². The van der Waals surface area contributed by atoms with Crippen molar-refractivity contribution in [1.82, 2.24) is 10.2 Å². The van der Waals surface area contributed by atoms with Gasteiger partial charge in [-0.15, -0.1) is 11.3 Å². The minimum absolute atomic E-state index is 0.123. The van der Waals surface area contributed by atoms with Crippen molar-refractivity contribution in [2.45, 2.75) is 18.9 Å². The van der Waals surface area contributed by atoms with E-state index in [1.807, 2.05) is 7.05 Å². The first-order valence-electron chi connectivity index (χ1n) is 6.14. The van der Waals surface area contributed by atoms with Gasteiger partial charge in [-0.1, -0.05) is 0 Å². The van der Waals surface area contributed by atoms with Gasteiger partial charge in [-0.2, -0.15) is 0 Å². The van der Waals surface area contributed by atoms with Crippen molar-refractivity contribution in [2.75, 3.05) is 25.5 Å². The molecule has 104 valence electrons. The summed E-state index contributed by atoms with van der Waals surface area (Å²) in [7, 11) is 2.04. The van der Waals surface area contributed by atoms with Crippen LogP contribution < -0.4 is 10.6 Å². The number of hydrogen-bond acceptors (Lipinski definition) is 4. The zero-order chi connectivity index (χ0) is 13.8. The Morgan fingerprint density at radius 1 is 1.58 bits per heavy atom. The van der Waals surface area contributed by atoms with Crippen molar-refractivity contribution < 1.29 is 14.7 Å². The first-order valence-corrected chi connectivity index (χ1v) is 7.02. The van der Waals surface area contributed by atoms with Crippen molar-refractivity contribution in [1.29, 1.82) is 0 Å². The third-order valence-corrected chi connectivity index (χ3v) is 4.12. The van der Waals surface area contributed by atoms with Gasteiger partial charge in [0, 0.05) is 12.6 Å². The molecule has 0 aromatic carbocycles. The summed E-state index contributed by atoms with van der Waals surface area (Å²) in [6.45, 7) is 1.64. The summed E-state index contributed by atoms with van der Waals surface area (Å²) < 4.78 is 0. The number of amides is 2. The number of carboxylic acids is 1. The standard InChI is InChI=1S/C12H17N3O3S/c1-15-5-2-3-8(15)7-13-12(18)14-10-9(11(16)17)4-6-19-10/h4,6,8H,2-3,5,7H2,1H3,(H,16,17)(H2,13,14,18). The van der Waals surface area contributed by atoms with E-state index >= 15 is 0 Å². The predicted octanol–water partition coefficient (Wildman–Crippen LogP) is 1.66. The molecule has 6 nitrogen and oxygen atoms in total. The Morgan fingerprint density at radius 2 is 2.37 bits per heavy atom. The predicted molar refractivity (Wildman–Crippen MR) is 74.0 cm³/mol. The van der Waals surface area contributed by atoms with Crippen LogP contribution in [0.4, 0.5) is 9.80 Å². The molecule has 19 heavy (non-hydrogen) atoms. The van der Waals surface area contributed by atoms with Crippen LogP contribution in [-0.4, -0.2) is 48.2 Å². The van der Waals surface area contributed by atoms with E-state index in [0.717, 1.165) is 19.4 Å². The second-order valence-corrected chi connectivity index (χ2v) is 5.50. The van der Waals surface area contributed by atoms with E-state index in [1.165, 1.54) is 17.4 Å². The third-order valence-electron chi connectivity index (χ3n) is 3.29. The smallest absolute Gasteiger partial charge is 0.338 e. The molecule has 0 bridgehead atoms. The number of likely N-dealkylation sites (N-methyl/N-ethyl adjacent to an activating group) is 1. The maximum atomic E-state index is 11.7. The molecule has 1 aliphatic heterocycles. The van der Waals surface area contributed by atoms with E-state index in [0.29, 0.717) is 17.6 Å². The van der Waals surface area contributed by atoms with Crippen LogP contribution in [0.3, 0.4) is 0 Å². The van der Waals surface area contributed by atoms with Gasteiger partial charge in [0.25, 0.3) is 0 Å². The number of carbonyl (C=O) groups is 2. The second-order valence-electron chi connectivity index (χ2n) is 4.58. The number of carbonyl (C=O) groups excluding carboxylic acids is 1. The molecule has 0 aliphatic carbocycles. The fourth-order valence-electron chi connectivity index (χ4n) is 2.17. The van der Waals surface area contributed by atoms with Crippen LogP contribution in [0.1, 0.15) is 23.2 Å². The third kappa shape index (κ3) is 3.45. The molecule has 2 amide bonds. The second kappa shape index (κ2) is 6.03. The molecular formula is C12H17N3O3S. The molecule has 2 heterocycles. The van der Waals surface area contributed by atoms with E-state index in [1.54, 1.807) is 5.38 Å². The van der Waals surface area contributed by atoms with E-state index in [4.69, 9.17) is 5.11 Å². The van der Waals surface area contributed by atoms with Crippen LogP contribution in [0.15, 0.2) is 11.4 Å². The summed E-state index contributed by atoms with van der Waals surface area (Å²) in [5.74, 6) is -1.04. The minimum atomic E-state index is -1.04. The molecule has 1 aromatic heterocycles. The summed E-state index contributed by atoms with van der Waals surface area (Å²) in [5, 5.41) is 16.3. The molecule has 1 saturated heterocycles. The van der Waals surface area contributed by atoms with Gasteiger partial charge in [-0.05, 0) is 37.9 Å². The monoisotopic (exact) mass is 283 g/mol. The minimum Gasteiger partial charge on any atom is -0.478 e. The molecule has 1 aromatic rings. The Bertz CT molecular complexity index is 475. The lowest BCUT2D eigenvalue weighted by Crippen LogP contribution is -2.40. The highest BCUT2D eigenvalue weighted by Crippen LogP contribution is 2.22. The molecule has 0 radical (unpaired) electrons. The summed E-state index contributed by atoms with van der Waals surface area (Å²) >= 11 is 1.20. The Morgan fingerprint density at radius 3 is 3.00 bits per heavy atom. The van der Waals surface area contributed by atoms with Gasteiger partial charge < -0.3 is 15.3 Å². The van der Waals surface area contributed by atoms with Gasteiger partial charge in [-0.25, -0.2) is 9.59 Å². The molecule has 1 unspecified atom stereocenters. The summed E-state index contributed by atoms with van der Waals surface area (Å²) in [5.41, 5.74) is 0.123. The first kappa shape index (κ1) is 13.8. The zero-order valence-corrected chi connectivity index (χ0v) is 11.5. The largest absolute Gasteiger partial charge is 0.478 e. The summed E-state index contributed by atoms with van der Waals surface area (Å²) in [6.07, 6.45) is 2.23. The Hall–Kier alpha value is -1.60. The number of urea groups is 1. The SMILES string of the molecule is CN1CCCC1CNC(=O)Nc1sccc1C(=O)O. The number of carboxylic acid groups (broad SMARTS) is 1. The molecule has 2 rings (SSSR count). The summed E-state index contributed by atoms with van der Waals surface area (Å²) in [6, 6.07) is 1.49. The first-order chi connectivity index (χ1) is 9.08. The number of hydrogen-bond donors (Lipinski definition) is 3. The normalized spacial score (nSPS) is 19.3. The molecule has 0 saturated carbocycles. The lowest BCUT2D eigenvalue weighted by molar-refractivity contribution is 0.0698. The molecular weight excluding hydrogens is 266 g/mol. The van der Waals surface area contributed by atoms with Crippen molar-refractivity contribution in [3.05, 3.63) is 17.0 Å². The van der Waals surface area contributed by atoms with E-state index in [9.17, 15) is 9.59 Å². The van der Waals surface area contributed by atoms with Crippen LogP contribution in [-0.2, 0) is 0 Å². The molecule has 3 N–H and O–H groups in total. The Kier molecular flexibility index (Phi) is 4.39. The molecule has 1 aliphatic rings. The number of thiophene rings is 1. The highest BCUT2D eigenvalue weighted by Gasteiger charge is 2.21. The molecule has 1 fully saturated rings. The van der Waals surface area contributed by atoms with Gasteiger partial charge in [0.05, 0.1) is 5.56 Å². The average Bonchev–Trinajstić information content (AvgIpc) is 2.95. The van der Waals surface area contributed by atoms with Crippen LogP contribution in [0.2, 0.25) is 0 Å². The van der Waals surface area contributed by atoms with Crippen molar-refractivity contribution in [3.63, 3.8) is 0 Å². The Balaban J connectivity index is 1.84. The van der Waals surface area contributed by atoms with Crippen LogP contribution in [0.5, 0.6) is 0 Å². The number of aromatic carboxylic acids is 1. The van der Waals surface area contributed by atoms with Crippen LogP contribution in [0, 0.1) is 0 Å². The number of likely N-dealkylation sites (tertiary alicyclic amines) is 1. The fourth-order valence-corrected chi connectivity index (χ4v) is 2.94. The molecule has 0 spiro atoms. The van der Waals surface area contributed by atoms with E-state index in [-0.39, 0.29) is 11.6 Å². The fraction of sp³-hybridized carbons (Fsp3) is 0.500. The molecule has 1 atom stereocenters. The average molecular weight is 283 g/mol. The number of rotatable bonds is 4. The summed E-state index contributed by atoms with van der Waals surface area (Å²) in [4.78, 5) is 24.8. The van der Waals surface area contributed by atoms with Gasteiger partial charge in [-0.3, -0.25) is 5.32 Å². The topological polar surface area (TPSA) is 81.7 Å². The van der Waals surface area contributed by atoms with Crippen LogP contribution >= 0.6 is 11.3 Å². The van der Waals surface area contributed by atoms with Crippen LogP contribution in [0.25, 0.3) is 0 Å². The maximum Gasteiger partial charge on any atom is 0.338 e. The van der Waals surface area contributed by atoms with Gasteiger partial charge in [0.15, 0.2) is 0 Å². The van der Waals surface area contributed by atoms with Crippen molar-refractivity contribution >= 4 is 28.3 Å². The van der Waals surface area contributed by atoms with Crippen molar-refractivity contribution in [3.8, 4) is 0 Å². The lowest BCUT2D eigenvalue weighted by atomic mass is 10.2. The van der Waals surface area contributed by atoms with Crippen molar-refractivity contribution in [2.24, 2.45) is 0 Å². The molecule has 7 heteroatoms. The maximum absolute atomic E-state index is 11.7. The number of anilines is 1. The lowest BCUT2D eigenvalue weighted by Gasteiger charge is -2.19. The van der Waals surface area contributed by atoms with E-state index < -0.39 is 5.97 Å². The quantitative estimate of drug-likeness (QED) is 0.785.